The molecule has 1 aromatic rings. The van der Waals surface area contributed by atoms with Crippen LogP contribution < -0.4 is 10.1 Å². The Morgan fingerprint density at radius 2 is 2.31 bits per heavy atom. The summed E-state index contributed by atoms with van der Waals surface area (Å²) in [5, 5.41) is 3.44. The summed E-state index contributed by atoms with van der Waals surface area (Å²) in [6.45, 7) is 0.561. The van der Waals surface area contributed by atoms with Gasteiger partial charge in [-0.15, -0.1) is 0 Å². The zero-order chi connectivity index (χ0) is 11.4. The Morgan fingerprint density at radius 1 is 1.44 bits per heavy atom. The fourth-order valence-electron chi connectivity index (χ4n) is 2.36. The van der Waals surface area contributed by atoms with Gasteiger partial charge in [-0.05, 0) is 31.0 Å². The van der Waals surface area contributed by atoms with E-state index in [0.717, 1.165) is 18.5 Å². The van der Waals surface area contributed by atoms with Crippen LogP contribution in [0.4, 0.5) is 4.39 Å². The van der Waals surface area contributed by atoms with Gasteiger partial charge in [0, 0.05) is 11.6 Å². The molecule has 0 bridgehead atoms. The number of benzene rings is 1. The van der Waals surface area contributed by atoms with Crippen molar-refractivity contribution < 1.29 is 9.13 Å². The molecule has 2 nitrogen and oxygen atoms in total. The molecular formula is C13H18FNO. The summed E-state index contributed by atoms with van der Waals surface area (Å²) in [7, 11) is 1.59. The topological polar surface area (TPSA) is 21.3 Å². The first-order valence-electron chi connectivity index (χ1n) is 5.82. The van der Waals surface area contributed by atoms with Gasteiger partial charge >= 0.3 is 0 Å². The van der Waals surface area contributed by atoms with E-state index < -0.39 is 6.67 Å². The first kappa shape index (κ1) is 11.4. The van der Waals surface area contributed by atoms with E-state index in [4.69, 9.17) is 4.74 Å². The highest BCUT2D eigenvalue weighted by Crippen LogP contribution is 2.31. The van der Waals surface area contributed by atoms with E-state index in [1.165, 1.54) is 12.8 Å². The number of ether oxygens (including phenoxy) is 1. The second kappa shape index (κ2) is 5.30. The second-order valence-corrected chi connectivity index (χ2v) is 4.16. The normalized spacial score (nSPS) is 20.8. The second-order valence-electron chi connectivity index (χ2n) is 4.16. The summed E-state index contributed by atoms with van der Waals surface area (Å²) in [5.74, 6) is 0.660. The number of halogens is 1. The van der Waals surface area contributed by atoms with Gasteiger partial charge in [-0.2, -0.15) is 0 Å². The molecule has 1 aliphatic rings. The summed E-state index contributed by atoms with van der Waals surface area (Å²) >= 11 is 0. The highest BCUT2D eigenvalue weighted by Gasteiger charge is 2.19. The lowest BCUT2D eigenvalue weighted by molar-refractivity contribution is 0.377. The van der Waals surface area contributed by atoms with Crippen molar-refractivity contribution >= 4 is 0 Å². The molecule has 1 atom stereocenters. The van der Waals surface area contributed by atoms with Gasteiger partial charge in [0.2, 0.25) is 0 Å². The van der Waals surface area contributed by atoms with Gasteiger partial charge in [-0.3, -0.25) is 0 Å². The largest absolute Gasteiger partial charge is 0.496 e. The summed E-state index contributed by atoms with van der Waals surface area (Å²) in [4.78, 5) is 0. The van der Waals surface area contributed by atoms with E-state index in [9.17, 15) is 4.39 Å². The Balaban J connectivity index is 2.30. The minimum Gasteiger partial charge on any atom is -0.496 e. The van der Waals surface area contributed by atoms with Crippen molar-refractivity contribution in [3.63, 3.8) is 0 Å². The molecule has 0 aliphatic carbocycles. The highest BCUT2D eigenvalue weighted by atomic mass is 19.1. The van der Waals surface area contributed by atoms with Crippen molar-refractivity contribution in [3.05, 3.63) is 29.3 Å². The SMILES string of the molecule is COc1cccc(C2CCCCN2)c1CF. The number of alkyl halides is 1. The van der Waals surface area contributed by atoms with E-state index >= 15 is 0 Å². The lowest BCUT2D eigenvalue weighted by Crippen LogP contribution is -2.27. The average Bonchev–Trinajstić information content (AvgIpc) is 2.38. The predicted molar refractivity (Wildman–Crippen MR) is 62.4 cm³/mol. The molecule has 1 saturated heterocycles. The number of piperidine rings is 1. The summed E-state index contributed by atoms with van der Waals surface area (Å²) in [5.41, 5.74) is 1.76. The van der Waals surface area contributed by atoms with Crippen molar-refractivity contribution in [2.75, 3.05) is 13.7 Å². The van der Waals surface area contributed by atoms with Gasteiger partial charge in [0.1, 0.15) is 12.4 Å². The molecule has 16 heavy (non-hydrogen) atoms. The molecule has 0 radical (unpaired) electrons. The van der Waals surface area contributed by atoms with Gasteiger partial charge in [-0.1, -0.05) is 18.6 Å². The number of hydrogen-bond donors (Lipinski definition) is 1. The van der Waals surface area contributed by atoms with Gasteiger partial charge in [0.05, 0.1) is 7.11 Å². The summed E-state index contributed by atoms with van der Waals surface area (Å²) in [6.07, 6.45) is 3.51. The van der Waals surface area contributed by atoms with Crippen molar-refractivity contribution in [2.45, 2.75) is 32.0 Å². The lowest BCUT2D eigenvalue weighted by Gasteiger charge is -2.26. The zero-order valence-electron chi connectivity index (χ0n) is 9.63. The van der Waals surface area contributed by atoms with E-state index in [1.54, 1.807) is 7.11 Å². The Hall–Kier alpha value is -1.09. The molecule has 88 valence electrons. The molecule has 3 heteroatoms. The maximum Gasteiger partial charge on any atom is 0.125 e. The van der Waals surface area contributed by atoms with Crippen LogP contribution in [0.3, 0.4) is 0 Å². The van der Waals surface area contributed by atoms with Crippen LogP contribution in [-0.4, -0.2) is 13.7 Å². The van der Waals surface area contributed by atoms with Gasteiger partial charge in [0.25, 0.3) is 0 Å². The number of methoxy groups -OCH3 is 1. The fraction of sp³-hybridized carbons (Fsp3) is 0.538. The van der Waals surface area contributed by atoms with Gasteiger partial charge in [-0.25, -0.2) is 4.39 Å². The molecule has 1 heterocycles. The third-order valence-electron chi connectivity index (χ3n) is 3.21. The van der Waals surface area contributed by atoms with E-state index in [1.807, 2.05) is 18.2 Å². The van der Waals surface area contributed by atoms with Crippen LogP contribution >= 0.6 is 0 Å². The monoisotopic (exact) mass is 223 g/mol. The Kier molecular flexibility index (Phi) is 3.78. The van der Waals surface area contributed by atoms with Crippen molar-refractivity contribution in [1.82, 2.24) is 5.32 Å². The highest BCUT2D eigenvalue weighted by molar-refractivity contribution is 5.41. The number of hydrogen-bond acceptors (Lipinski definition) is 2. The van der Waals surface area contributed by atoms with Crippen LogP contribution in [0.5, 0.6) is 5.75 Å². The molecule has 0 aromatic heterocycles. The van der Waals surface area contributed by atoms with Crippen LogP contribution in [0.15, 0.2) is 18.2 Å². The van der Waals surface area contributed by atoms with Crippen LogP contribution in [0, 0.1) is 0 Å². The molecule has 2 rings (SSSR count). The van der Waals surface area contributed by atoms with Crippen molar-refractivity contribution in [3.8, 4) is 5.75 Å². The third kappa shape index (κ3) is 2.19. The minimum absolute atomic E-state index is 0.287. The van der Waals surface area contributed by atoms with Crippen LogP contribution in [-0.2, 0) is 6.67 Å². The van der Waals surface area contributed by atoms with E-state index in [2.05, 4.69) is 5.32 Å². The molecule has 1 aromatic carbocycles. The third-order valence-corrected chi connectivity index (χ3v) is 3.21. The molecule has 0 spiro atoms. The Morgan fingerprint density at radius 3 is 2.94 bits per heavy atom. The molecule has 1 aliphatic heterocycles. The maximum absolute atomic E-state index is 13.1. The fourth-order valence-corrected chi connectivity index (χ4v) is 2.36. The average molecular weight is 223 g/mol. The van der Waals surface area contributed by atoms with E-state index in [0.29, 0.717) is 11.3 Å². The quantitative estimate of drug-likeness (QED) is 0.850. The minimum atomic E-state index is -0.461. The van der Waals surface area contributed by atoms with Crippen LogP contribution in [0.25, 0.3) is 0 Å². The van der Waals surface area contributed by atoms with Crippen molar-refractivity contribution in [1.29, 1.82) is 0 Å². The van der Waals surface area contributed by atoms with E-state index in [-0.39, 0.29) is 6.04 Å². The van der Waals surface area contributed by atoms with Crippen molar-refractivity contribution in [2.24, 2.45) is 0 Å². The molecule has 0 saturated carbocycles. The smallest absolute Gasteiger partial charge is 0.125 e. The molecular weight excluding hydrogens is 205 g/mol. The predicted octanol–water partition coefficient (Wildman–Crippen LogP) is 2.98. The van der Waals surface area contributed by atoms with Gasteiger partial charge < -0.3 is 10.1 Å². The summed E-state index contributed by atoms with van der Waals surface area (Å²) in [6, 6.07) is 6.04. The molecule has 1 unspecified atom stereocenters. The summed E-state index contributed by atoms with van der Waals surface area (Å²) < 4.78 is 18.3. The van der Waals surface area contributed by atoms with Gasteiger partial charge in [0.15, 0.2) is 0 Å². The molecule has 1 N–H and O–H groups in total. The first-order valence-corrected chi connectivity index (χ1v) is 5.82. The zero-order valence-corrected chi connectivity index (χ0v) is 9.63. The number of rotatable bonds is 3. The molecule has 1 fully saturated rings. The Labute approximate surface area is 95.8 Å². The maximum atomic E-state index is 13.1. The Bertz CT molecular complexity index is 348. The molecule has 0 amide bonds. The standard InChI is InChI=1S/C13H18FNO/c1-16-13-7-4-5-10(11(13)9-14)12-6-2-3-8-15-12/h4-5,7,12,15H,2-3,6,8-9H2,1H3. The van der Waals surface area contributed by atoms with Crippen LogP contribution in [0.1, 0.15) is 36.4 Å². The van der Waals surface area contributed by atoms with Crippen LogP contribution in [0.2, 0.25) is 0 Å². The first-order chi connectivity index (χ1) is 7.86. The number of nitrogens with one attached hydrogen (secondary N) is 1. The lowest BCUT2D eigenvalue weighted by atomic mass is 9.93.